The Balaban J connectivity index is 1.67. The van der Waals surface area contributed by atoms with Gasteiger partial charge in [0.05, 0.1) is 26.1 Å². The maximum Gasteiger partial charge on any atom is 0.231 e. The summed E-state index contributed by atoms with van der Waals surface area (Å²) in [5.41, 5.74) is 11.2. The van der Waals surface area contributed by atoms with Crippen molar-refractivity contribution in [3.63, 3.8) is 0 Å². The van der Waals surface area contributed by atoms with Crippen LogP contribution in [-0.4, -0.2) is 44.2 Å². The number of fused-ring (bicyclic) bond motifs is 1. The Morgan fingerprint density at radius 1 is 1.25 bits per heavy atom. The number of oxime groups is 1. The van der Waals surface area contributed by atoms with Crippen LogP contribution in [0.5, 0.6) is 23.0 Å². The van der Waals surface area contributed by atoms with Crippen molar-refractivity contribution < 1.29 is 23.8 Å². The number of nitrogens with two attached hydrogens (primary N) is 1. The average molecular weight is 477 g/mol. The minimum Gasteiger partial charge on any atom is -0.492 e. The summed E-state index contributed by atoms with van der Waals surface area (Å²) in [5, 5.41) is 9.07. The third kappa shape index (κ3) is 4.37. The van der Waals surface area contributed by atoms with Gasteiger partial charge in [-0.1, -0.05) is 28.9 Å². The first-order valence-corrected chi connectivity index (χ1v) is 10.4. The van der Waals surface area contributed by atoms with E-state index in [2.05, 4.69) is 15.7 Å². The first-order chi connectivity index (χ1) is 15.5. The van der Waals surface area contributed by atoms with E-state index >= 15 is 0 Å². The lowest BCUT2D eigenvalue weighted by molar-refractivity contribution is 0.0853. The van der Waals surface area contributed by atoms with Gasteiger partial charge < -0.3 is 29.5 Å². The van der Waals surface area contributed by atoms with Gasteiger partial charge in [-0.25, -0.2) is 0 Å². The van der Waals surface area contributed by atoms with E-state index in [1.807, 2.05) is 24.3 Å². The fourth-order valence-electron chi connectivity index (χ4n) is 3.63. The summed E-state index contributed by atoms with van der Waals surface area (Å²) >= 11 is 10.8. The van der Waals surface area contributed by atoms with Gasteiger partial charge in [-0.15, -0.1) is 0 Å². The number of hydrogen-bond acceptors (Lipinski definition) is 8. The molecule has 2 aliphatic heterocycles. The van der Waals surface area contributed by atoms with E-state index in [9.17, 15) is 0 Å². The van der Waals surface area contributed by atoms with E-state index in [4.69, 9.17) is 53.3 Å². The lowest BCUT2D eigenvalue weighted by Gasteiger charge is -2.19. The number of hydrazone groups is 1. The summed E-state index contributed by atoms with van der Waals surface area (Å²) in [6, 6.07) is 7.47. The van der Waals surface area contributed by atoms with E-state index in [0.29, 0.717) is 46.4 Å². The number of hydrogen-bond donors (Lipinski definition) is 2. The molecule has 0 radical (unpaired) electrons. The van der Waals surface area contributed by atoms with Crippen molar-refractivity contribution in [1.82, 2.24) is 5.43 Å². The monoisotopic (exact) mass is 476 g/mol. The molecule has 0 spiro atoms. The Morgan fingerprint density at radius 2 is 1.97 bits per heavy atom. The van der Waals surface area contributed by atoms with Crippen LogP contribution in [0.15, 0.2) is 34.5 Å². The molecule has 0 fully saturated rings. The quantitative estimate of drug-likeness (QED) is 0.356. The number of nitrogens with zero attached hydrogens (tertiary/aromatic N) is 2. The molecule has 2 heterocycles. The minimum absolute atomic E-state index is 0.0391. The molecule has 168 valence electrons. The van der Waals surface area contributed by atoms with Crippen LogP contribution in [0.1, 0.15) is 23.1 Å². The van der Waals surface area contributed by atoms with Crippen molar-refractivity contribution in [1.29, 1.82) is 0 Å². The molecule has 0 bridgehead atoms. The van der Waals surface area contributed by atoms with E-state index in [1.54, 1.807) is 20.4 Å². The van der Waals surface area contributed by atoms with Crippen molar-refractivity contribution >= 4 is 40.9 Å². The highest BCUT2D eigenvalue weighted by Crippen LogP contribution is 2.52. The molecule has 0 aliphatic carbocycles. The highest BCUT2D eigenvalue weighted by atomic mass is 35.5. The summed E-state index contributed by atoms with van der Waals surface area (Å²) in [5.74, 6) is 1.86. The van der Waals surface area contributed by atoms with Crippen LogP contribution >= 0.6 is 23.8 Å². The Labute approximate surface area is 195 Å². The maximum atomic E-state index is 5.99. The van der Waals surface area contributed by atoms with Crippen LogP contribution in [0.4, 0.5) is 0 Å². The van der Waals surface area contributed by atoms with E-state index in [1.165, 1.54) is 0 Å². The number of methoxy groups -OCH3 is 2. The molecule has 2 aromatic rings. The van der Waals surface area contributed by atoms with Crippen LogP contribution in [0.3, 0.4) is 0 Å². The average Bonchev–Trinajstić information content (AvgIpc) is 3.44. The van der Waals surface area contributed by atoms with Crippen LogP contribution in [0, 0.1) is 0 Å². The number of halogens is 1. The zero-order valence-corrected chi connectivity index (χ0v) is 19.0. The van der Waals surface area contributed by atoms with Crippen molar-refractivity contribution in [3.05, 3.63) is 46.0 Å². The van der Waals surface area contributed by atoms with Crippen molar-refractivity contribution in [2.24, 2.45) is 16.0 Å². The van der Waals surface area contributed by atoms with Crippen LogP contribution in [0.2, 0.25) is 5.02 Å². The second-order valence-corrected chi connectivity index (χ2v) is 7.81. The van der Waals surface area contributed by atoms with Gasteiger partial charge in [0.2, 0.25) is 18.3 Å². The molecule has 11 heteroatoms. The molecular weight excluding hydrogens is 456 g/mol. The second kappa shape index (κ2) is 9.49. The topological polar surface area (TPSA) is 109 Å². The molecule has 0 saturated carbocycles. The molecule has 9 nitrogen and oxygen atoms in total. The van der Waals surface area contributed by atoms with Gasteiger partial charge in [0.25, 0.3) is 0 Å². The van der Waals surface area contributed by atoms with Crippen LogP contribution in [0.25, 0.3) is 0 Å². The summed E-state index contributed by atoms with van der Waals surface area (Å²) in [6.45, 7) is 0.0472. The van der Waals surface area contributed by atoms with E-state index in [-0.39, 0.29) is 18.0 Å². The minimum atomic E-state index is -0.240. The highest BCUT2D eigenvalue weighted by Gasteiger charge is 2.33. The standard InChI is InChI=1S/C21H21ClN4O5S/c1-27-17-14(7-13-8-16(26-31-13)11-3-5-12(22)6-4-11)15(9-24-25-21(23)32)18-20(19(17)28-2)30-10-29-18/h3-6,9,13H,7-8,10H2,1-2H3,(H3,23,25,32). The Bertz CT molecular complexity index is 1090. The molecule has 4 rings (SSSR count). The lowest BCUT2D eigenvalue weighted by Crippen LogP contribution is -2.24. The van der Waals surface area contributed by atoms with Gasteiger partial charge >= 0.3 is 0 Å². The number of thiocarbonyl (C=S) groups is 1. The number of ether oxygens (including phenoxy) is 4. The second-order valence-electron chi connectivity index (χ2n) is 6.94. The molecular formula is C21H21ClN4O5S. The van der Waals surface area contributed by atoms with E-state index in [0.717, 1.165) is 16.8 Å². The molecule has 0 aromatic heterocycles. The van der Waals surface area contributed by atoms with Gasteiger partial charge in [-0.2, -0.15) is 5.10 Å². The molecule has 2 aliphatic rings. The first-order valence-electron chi connectivity index (χ1n) is 9.65. The van der Waals surface area contributed by atoms with Gasteiger partial charge in [0, 0.05) is 29.0 Å². The molecule has 0 saturated heterocycles. The molecule has 0 amide bonds. The summed E-state index contributed by atoms with van der Waals surface area (Å²) < 4.78 is 22.6. The van der Waals surface area contributed by atoms with Gasteiger partial charge in [0.1, 0.15) is 6.10 Å². The third-order valence-electron chi connectivity index (χ3n) is 4.99. The summed E-state index contributed by atoms with van der Waals surface area (Å²) in [7, 11) is 3.10. The lowest BCUT2D eigenvalue weighted by atomic mass is 9.95. The molecule has 2 aromatic carbocycles. The number of benzene rings is 2. The third-order valence-corrected chi connectivity index (χ3v) is 5.33. The predicted molar refractivity (Wildman–Crippen MR) is 124 cm³/mol. The largest absolute Gasteiger partial charge is 0.492 e. The zero-order valence-electron chi connectivity index (χ0n) is 17.4. The van der Waals surface area contributed by atoms with Gasteiger partial charge in [0.15, 0.2) is 16.6 Å². The normalized spacial score (nSPS) is 16.6. The summed E-state index contributed by atoms with van der Waals surface area (Å²) in [4.78, 5) is 5.73. The summed E-state index contributed by atoms with van der Waals surface area (Å²) in [6.07, 6.45) is 2.37. The molecule has 1 atom stereocenters. The molecule has 1 unspecified atom stereocenters. The smallest absolute Gasteiger partial charge is 0.231 e. The SMILES string of the molecule is COc1c(CC2CC(c3ccc(Cl)cc3)=NO2)c(C=NNC(N)=S)c2c(c1OC)OCO2. The van der Waals surface area contributed by atoms with E-state index < -0.39 is 0 Å². The number of nitrogens with one attached hydrogen (secondary N) is 1. The molecule has 3 N–H and O–H groups in total. The van der Waals surface area contributed by atoms with Crippen molar-refractivity contribution in [3.8, 4) is 23.0 Å². The predicted octanol–water partition coefficient (Wildman–Crippen LogP) is 2.99. The van der Waals surface area contributed by atoms with Crippen LogP contribution < -0.4 is 30.1 Å². The zero-order chi connectivity index (χ0) is 22.7. The highest BCUT2D eigenvalue weighted by molar-refractivity contribution is 7.80. The van der Waals surface area contributed by atoms with Gasteiger partial charge in [-0.3, -0.25) is 5.43 Å². The van der Waals surface area contributed by atoms with Gasteiger partial charge in [-0.05, 0) is 29.9 Å². The van der Waals surface area contributed by atoms with Crippen LogP contribution in [-0.2, 0) is 11.3 Å². The van der Waals surface area contributed by atoms with Crippen molar-refractivity contribution in [2.75, 3.05) is 21.0 Å². The Morgan fingerprint density at radius 3 is 2.66 bits per heavy atom. The fourth-order valence-corrected chi connectivity index (χ4v) is 3.80. The molecule has 32 heavy (non-hydrogen) atoms. The van der Waals surface area contributed by atoms with Crippen molar-refractivity contribution in [2.45, 2.75) is 18.9 Å². The first kappa shape index (κ1) is 22.0. The fraction of sp³-hybridized carbons (Fsp3) is 0.286. The Kier molecular flexibility index (Phi) is 6.52. The maximum absolute atomic E-state index is 5.99. The Hall–Kier alpha value is -3.24. The number of rotatable bonds is 7.